The normalized spacial score (nSPS) is 29.8. The summed E-state index contributed by atoms with van der Waals surface area (Å²) in [7, 11) is -3.83. The predicted octanol–water partition coefficient (Wildman–Crippen LogP) is 11.6. The van der Waals surface area contributed by atoms with Crippen molar-refractivity contribution in [2.75, 3.05) is 0 Å². The summed E-state index contributed by atoms with van der Waals surface area (Å²) in [5.74, 6) is 1.09. The van der Waals surface area contributed by atoms with Crippen LogP contribution in [0.15, 0.2) is 35.5 Å². The molecule has 0 heterocycles. The van der Waals surface area contributed by atoms with Crippen molar-refractivity contribution < 1.29 is 23.5 Å². The molecule has 0 bridgehead atoms. The average molecular weight is 717 g/mol. The van der Waals surface area contributed by atoms with Crippen molar-refractivity contribution in [1.29, 1.82) is 0 Å². The summed E-state index contributed by atoms with van der Waals surface area (Å²) in [6.07, 6.45) is 17.4. The van der Waals surface area contributed by atoms with Gasteiger partial charge in [-0.2, -0.15) is 0 Å². The first kappa shape index (κ1) is 42.4. The number of aliphatic hydroxyl groups is 1. The minimum absolute atomic E-state index is 0.178. The smallest absolute Gasteiger partial charge is 0.314 e. The predicted molar refractivity (Wildman–Crippen MR) is 212 cm³/mol. The van der Waals surface area contributed by atoms with Crippen LogP contribution in [0.4, 0.5) is 0 Å². The lowest BCUT2D eigenvalue weighted by molar-refractivity contribution is -0.162. The molecule has 7 atom stereocenters. The van der Waals surface area contributed by atoms with Crippen LogP contribution >= 0.6 is 0 Å². The molecule has 5 nitrogen and oxygen atoms in total. The third-order valence-electron chi connectivity index (χ3n) is 13.5. The summed E-state index contributed by atoms with van der Waals surface area (Å²) >= 11 is 0. The summed E-state index contributed by atoms with van der Waals surface area (Å²) in [6, 6.07) is 0. The van der Waals surface area contributed by atoms with Crippen LogP contribution in [0.3, 0.4) is 0 Å². The van der Waals surface area contributed by atoms with Crippen molar-refractivity contribution in [3.8, 4) is 0 Å². The molecule has 0 aromatic heterocycles. The Labute approximate surface area is 304 Å². The molecule has 7 heteroatoms. The van der Waals surface area contributed by atoms with Crippen LogP contribution in [0.25, 0.3) is 0 Å². The highest BCUT2D eigenvalue weighted by Gasteiger charge is 2.50. The Kier molecular flexibility index (Phi) is 13.5. The Bertz CT molecular complexity index is 1190. The highest BCUT2D eigenvalue weighted by molar-refractivity contribution is 6.74. The van der Waals surface area contributed by atoms with E-state index in [-0.39, 0.29) is 39.8 Å². The largest absolute Gasteiger partial charge is 0.462 e. The molecule has 0 amide bonds. The number of esters is 1. The first-order valence-corrected chi connectivity index (χ1v) is 25.3. The van der Waals surface area contributed by atoms with Gasteiger partial charge in [0, 0.05) is 0 Å². The molecule has 0 aromatic rings. The van der Waals surface area contributed by atoms with E-state index in [1.807, 2.05) is 19.9 Å². The standard InChI is InChI=1S/C42H76O5Si2/c1-29(2)45-38(44)41(10,11)37(43)24-19-30(3)35-22-23-36-32(18-17-25-42(35,36)12)21-20-31-26-33(46-48(13,14)39(4,5)6)28-34(27-31)47-49(15,16)40(7,8)9/h19-21,24,29-30,33-37,43H,17-18,22-23,25-28H2,1-16H3/t30-,33-,34-,35-,36+,37+,42-/m1/s1. The molecule has 0 spiro atoms. The molecule has 3 fully saturated rings. The molecule has 0 unspecified atom stereocenters. The van der Waals surface area contributed by atoms with E-state index in [9.17, 15) is 9.90 Å². The summed E-state index contributed by atoms with van der Waals surface area (Å²) < 4.78 is 19.6. The van der Waals surface area contributed by atoms with Gasteiger partial charge in [-0.1, -0.05) is 90.8 Å². The third kappa shape index (κ3) is 10.1. The fourth-order valence-electron chi connectivity index (χ4n) is 8.14. The van der Waals surface area contributed by atoms with Gasteiger partial charge in [-0.05, 0) is 138 Å². The second kappa shape index (κ2) is 15.5. The molecule has 0 radical (unpaired) electrons. The van der Waals surface area contributed by atoms with Crippen LogP contribution in [0.5, 0.6) is 0 Å². The molecular formula is C42H76O5Si2. The molecule has 282 valence electrons. The summed E-state index contributed by atoms with van der Waals surface area (Å²) in [5.41, 5.74) is 2.35. The molecule has 3 saturated carbocycles. The molecule has 0 aromatic carbocycles. The zero-order valence-electron chi connectivity index (χ0n) is 34.6. The number of aliphatic hydroxyl groups excluding tert-OH is 1. The van der Waals surface area contributed by atoms with Gasteiger partial charge in [-0.25, -0.2) is 0 Å². The maximum atomic E-state index is 12.7. The second-order valence-corrected chi connectivity index (χ2v) is 29.7. The topological polar surface area (TPSA) is 65.0 Å². The lowest BCUT2D eigenvalue weighted by atomic mass is 9.61. The number of allylic oxidation sites excluding steroid dienone is 4. The third-order valence-corrected chi connectivity index (χ3v) is 22.5. The number of hydrogen-bond acceptors (Lipinski definition) is 5. The maximum Gasteiger partial charge on any atom is 0.314 e. The average Bonchev–Trinajstić information content (AvgIpc) is 3.30. The van der Waals surface area contributed by atoms with Gasteiger partial charge in [-0.3, -0.25) is 4.79 Å². The van der Waals surface area contributed by atoms with E-state index in [1.165, 1.54) is 37.7 Å². The Morgan fingerprint density at radius 1 is 0.857 bits per heavy atom. The Hall–Kier alpha value is -0.996. The van der Waals surface area contributed by atoms with E-state index in [2.05, 4.69) is 99.8 Å². The molecule has 0 aliphatic heterocycles. The highest BCUT2D eigenvalue weighted by Crippen LogP contribution is 2.59. The summed E-state index contributed by atoms with van der Waals surface area (Å²) in [4.78, 5) is 12.7. The van der Waals surface area contributed by atoms with E-state index < -0.39 is 28.2 Å². The van der Waals surface area contributed by atoms with Crippen molar-refractivity contribution >= 4 is 22.6 Å². The second-order valence-electron chi connectivity index (χ2n) is 20.2. The van der Waals surface area contributed by atoms with Gasteiger partial charge >= 0.3 is 5.97 Å². The van der Waals surface area contributed by atoms with Crippen molar-refractivity contribution in [1.82, 2.24) is 0 Å². The first-order chi connectivity index (χ1) is 22.2. The quantitative estimate of drug-likeness (QED) is 0.131. The van der Waals surface area contributed by atoms with Crippen LogP contribution in [0, 0.1) is 28.6 Å². The van der Waals surface area contributed by atoms with E-state index in [0.29, 0.717) is 17.8 Å². The van der Waals surface area contributed by atoms with Gasteiger partial charge in [0.05, 0.1) is 29.8 Å². The van der Waals surface area contributed by atoms with Gasteiger partial charge in [0.15, 0.2) is 16.6 Å². The van der Waals surface area contributed by atoms with Gasteiger partial charge in [-0.15, -0.1) is 0 Å². The van der Waals surface area contributed by atoms with Crippen molar-refractivity contribution in [3.05, 3.63) is 35.5 Å². The zero-order chi connectivity index (χ0) is 37.4. The van der Waals surface area contributed by atoms with Gasteiger partial charge in [0.2, 0.25) is 0 Å². The molecule has 1 N–H and O–H groups in total. The minimum Gasteiger partial charge on any atom is -0.462 e. The Balaban J connectivity index is 1.82. The first-order valence-electron chi connectivity index (χ1n) is 19.5. The SMILES string of the molecule is CC(C)OC(=O)C(C)(C)[C@@H](O)C=C[C@@H](C)[C@H]1CC[C@H]2C(=CC=C3C[C@@H](O[Si](C)(C)C(C)(C)C)C[C@H](O[Si](C)(C)C(C)(C)C)C3)CCC[C@]12C. The molecule has 3 aliphatic rings. The molecule has 3 aliphatic carbocycles. The van der Waals surface area contributed by atoms with Crippen LogP contribution in [-0.4, -0.2) is 52.1 Å². The van der Waals surface area contributed by atoms with Gasteiger partial charge in [0.25, 0.3) is 0 Å². The lowest BCUT2D eigenvalue weighted by Gasteiger charge is -2.45. The monoisotopic (exact) mass is 717 g/mol. The number of rotatable bonds is 11. The highest BCUT2D eigenvalue weighted by atomic mass is 28.4. The van der Waals surface area contributed by atoms with E-state index in [1.54, 1.807) is 19.4 Å². The van der Waals surface area contributed by atoms with E-state index in [0.717, 1.165) is 19.3 Å². The van der Waals surface area contributed by atoms with E-state index in [4.69, 9.17) is 13.6 Å². The van der Waals surface area contributed by atoms with Crippen LogP contribution in [0.1, 0.15) is 134 Å². The fourth-order valence-corrected chi connectivity index (χ4v) is 10.9. The number of ether oxygens (including phenoxy) is 1. The van der Waals surface area contributed by atoms with Crippen molar-refractivity contribution in [2.45, 2.75) is 195 Å². The lowest BCUT2D eigenvalue weighted by Crippen LogP contribution is -2.48. The number of hydrogen-bond donors (Lipinski definition) is 1. The molecular weight excluding hydrogens is 641 g/mol. The van der Waals surface area contributed by atoms with Crippen molar-refractivity contribution in [2.24, 2.45) is 28.6 Å². The zero-order valence-corrected chi connectivity index (χ0v) is 36.6. The Morgan fingerprint density at radius 2 is 1.39 bits per heavy atom. The van der Waals surface area contributed by atoms with E-state index >= 15 is 0 Å². The molecule has 0 saturated heterocycles. The van der Waals surface area contributed by atoms with Crippen LogP contribution < -0.4 is 0 Å². The van der Waals surface area contributed by atoms with Crippen LogP contribution in [-0.2, 0) is 18.4 Å². The number of fused-ring (bicyclic) bond motifs is 1. The maximum absolute atomic E-state index is 12.7. The molecule has 49 heavy (non-hydrogen) atoms. The van der Waals surface area contributed by atoms with Crippen molar-refractivity contribution in [3.63, 3.8) is 0 Å². The van der Waals surface area contributed by atoms with Crippen LogP contribution in [0.2, 0.25) is 36.3 Å². The summed E-state index contributed by atoms with van der Waals surface area (Å²) in [5, 5.41) is 11.4. The Morgan fingerprint density at radius 3 is 1.88 bits per heavy atom. The molecule has 3 rings (SSSR count). The minimum atomic E-state index is -1.92. The number of carbonyl (C=O) groups is 1. The van der Waals surface area contributed by atoms with Gasteiger partial charge in [0.1, 0.15) is 0 Å². The summed E-state index contributed by atoms with van der Waals surface area (Å²) in [6.45, 7) is 35.6. The number of carbonyl (C=O) groups excluding carboxylic acids is 1. The fraction of sp³-hybridized carbons (Fsp3) is 0.833. The van der Waals surface area contributed by atoms with Gasteiger partial charge < -0.3 is 18.7 Å².